The van der Waals surface area contributed by atoms with Gasteiger partial charge in [0.05, 0.1) is 4.90 Å². The first kappa shape index (κ1) is 17.7. The summed E-state index contributed by atoms with van der Waals surface area (Å²) in [5.41, 5.74) is 0. The normalized spacial score (nSPS) is 22.6. The third kappa shape index (κ3) is 3.21. The van der Waals surface area contributed by atoms with Gasteiger partial charge < -0.3 is 9.80 Å². The number of urea groups is 1. The van der Waals surface area contributed by atoms with Crippen LogP contribution in [0.15, 0.2) is 35.2 Å². The molecule has 0 bridgehead atoms. The molecule has 2 rings (SSSR count). The van der Waals surface area contributed by atoms with E-state index in [1.165, 1.54) is 9.21 Å². The van der Waals surface area contributed by atoms with Gasteiger partial charge in [-0.3, -0.25) is 0 Å². The topological polar surface area (TPSA) is 60.9 Å². The van der Waals surface area contributed by atoms with Crippen LogP contribution >= 0.6 is 0 Å². The highest BCUT2D eigenvalue weighted by Gasteiger charge is 2.47. The van der Waals surface area contributed by atoms with Gasteiger partial charge in [0.2, 0.25) is 10.0 Å². The van der Waals surface area contributed by atoms with E-state index in [9.17, 15) is 13.2 Å². The van der Waals surface area contributed by atoms with Crippen LogP contribution in [0.5, 0.6) is 0 Å². The van der Waals surface area contributed by atoms with Crippen LogP contribution in [0.2, 0.25) is 0 Å². The summed E-state index contributed by atoms with van der Waals surface area (Å²) >= 11 is 0. The number of carbonyl (C=O) groups excluding carboxylic acids is 1. The minimum atomic E-state index is -3.64. The summed E-state index contributed by atoms with van der Waals surface area (Å²) in [7, 11) is -0.274. The third-order valence-corrected chi connectivity index (χ3v) is 5.90. The third-order valence-electron chi connectivity index (χ3n) is 4.05. The zero-order valence-corrected chi connectivity index (χ0v) is 15.1. The number of hydrogen-bond acceptors (Lipinski definition) is 3. The highest BCUT2D eigenvalue weighted by molar-refractivity contribution is 7.89. The predicted octanol–water partition coefficient (Wildman–Crippen LogP) is 2.05. The fourth-order valence-electron chi connectivity index (χ4n) is 3.01. The minimum absolute atomic E-state index is 0.0117. The predicted molar refractivity (Wildman–Crippen MR) is 89.3 cm³/mol. The molecule has 1 aliphatic heterocycles. The summed E-state index contributed by atoms with van der Waals surface area (Å²) in [6.45, 7) is 6.06. The van der Waals surface area contributed by atoms with E-state index in [0.717, 1.165) is 0 Å². The van der Waals surface area contributed by atoms with Crippen molar-refractivity contribution in [3.05, 3.63) is 30.3 Å². The Balaban J connectivity index is 2.45. The van der Waals surface area contributed by atoms with Crippen molar-refractivity contribution in [2.24, 2.45) is 5.92 Å². The van der Waals surface area contributed by atoms with E-state index in [4.69, 9.17) is 0 Å². The molecular weight excluding hydrogens is 314 g/mol. The Kier molecular flexibility index (Phi) is 5.01. The number of nitrogens with zero attached hydrogens (tertiary/aromatic N) is 3. The first-order chi connectivity index (χ1) is 10.7. The Hall–Kier alpha value is -1.60. The second-order valence-corrected chi connectivity index (χ2v) is 8.37. The molecule has 1 aromatic rings. The molecule has 1 heterocycles. The van der Waals surface area contributed by atoms with E-state index in [1.807, 2.05) is 20.8 Å². The molecule has 6 nitrogen and oxygen atoms in total. The molecule has 2 atom stereocenters. The van der Waals surface area contributed by atoms with E-state index in [0.29, 0.717) is 6.54 Å². The van der Waals surface area contributed by atoms with Crippen LogP contribution in [0.1, 0.15) is 20.8 Å². The lowest BCUT2D eigenvalue weighted by atomic mass is 10.1. The van der Waals surface area contributed by atoms with Gasteiger partial charge in [-0.2, -0.15) is 4.31 Å². The molecule has 23 heavy (non-hydrogen) atoms. The lowest BCUT2D eigenvalue weighted by molar-refractivity contribution is 0.116. The summed E-state index contributed by atoms with van der Waals surface area (Å²) < 4.78 is 27.5. The van der Waals surface area contributed by atoms with Crippen molar-refractivity contribution in [1.29, 1.82) is 0 Å². The first-order valence-electron chi connectivity index (χ1n) is 7.74. The van der Waals surface area contributed by atoms with Crippen molar-refractivity contribution >= 4 is 16.1 Å². The lowest BCUT2D eigenvalue weighted by Gasteiger charge is -2.35. The zero-order valence-electron chi connectivity index (χ0n) is 14.3. The molecule has 0 saturated carbocycles. The molecule has 0 aromatic heterocycles. The second kappa shape index (κ2) is 6.49. The molecular formula is C16H25N3O3S. The molecule has 0 radical (unpaired) electrons. The monoisotopic (exact) mass is 339 g/mol. The zero-order chi connectivity index (χ0) is 17.4. The van der Waals surface area contributed by atoms with Gasteiger partial charge in [-0.05, 0) is 25.0 Å². The second-order valence-electron chi connectivity index (χ2n) is 6.48. The summed E-state index contributed by atoms with van der Waals surface area (Å²) in [5, 5.41) is 0. The Morgan fingerprint density at radius 3 is 2.26 bits per heavy atom. The van der Waals surface area contributed by atoms with Crippen LogP contribution in [-0.2, 0) is 10.0 Å². The molecule has 1 aromatic carbocycles. The van der Waals surface area contributed by atoms with Crippen LogP contribution in [0.25, 0.3) is 0 Å². The van der Waals surface area contributed by atoms with Gasteiger partial charge in [0.25, 0.3) is 0 Å². The summed E-state index contributed by atoms with van der Waals surface area (Å²) in [4.78, 5) is 15.9. The average molecular weight is 339 g/mol. The first-order valence-corrected chi connectivity index (χ1v) is 9.18. The van der Waals surface area contributed by atoms with Gasteiger partial charge in [-0.1, -0.05) is 32.0 Å². The van der Waals surface area contributed by atoms with Gasteiger partial charge in [-0.15, -0.1) is 0 Å². The number of rotatable bonds is 3. The van der Waals surface area contributed by atoms with Crippen LogP contribution < -0.4 is 0 Å². The van der Waals surface area contributed by atoms with Crippen LogP contribution in [-0.4, -0.2) is 61.4 Å². The van der Waals surface area contributed by atoms with Gasteiger partial charge in [0.15, 0.2) is 0 Å². The molecule has 0 aliphatic carbocycles. The van der Waals surface area contributed by atoms with E-state index < -0.39 is 16.2 Å². The number of hydrogen-bond donors (Lipinski definition) is 0. The van der Waals surface area contributed by atoms with Crippen molar-refractivity contribution in [3.8, 4) is 0 Å². The maximum absolute atomic E-state index is 13.0. The summed E-state index contributed by atoms with van der Waals surface area (Å²) in [6.07, 6.45) is -0.481. The van der Waals surface area contributed by atoms with Gasteiger partial charge in [0.1, 0.15) is 6.17 Å². The van der Waals surface area contributed by atoms with Gasteiger partial charge in [-0.25, -0.2) is 13.2 Å². The molecule has 0 unspecified atom stereocenters. The van der Waals surface area contributed by atoms with Crippen molar-refractivity contribution in [2.75, 3.05) is 20.6 Å². The fraction of sp³-hybridized carbons (Fsp3) is 0.562. The molecule has 0 N–H and O–H groups in total. The lowest BCUT2D eigenvalue weighted by Crippen LogP contribution is -2.51. The number of benzene rings is 1. The van der Waals surface area contributed by atoms with Crippen molar-refractivity contribution in [2.45, 2.75) is 37.9 Å². The average Bonchev–Trinajstić information content (AvgIpc) is 2.85. The Morgan fingerprint density at radius 1 is 1.22 bits per heavy atom. The Labute approximate surface area is 138 Å². The van der Waals surface area contributed by atoms with Crippen LogP contribution in [0.3, 0.4) is 0 Å². The van der Waals surface area contributed by atoms with E-state index in [-0.39, 0.29) is 22.9 Å². The van der Waals surface area contributed by atoms with Gasteiger partial charge in [0, 0.05) is 26.7 Å². The molecule has 2 amide bonds. The Morgan fingerprint density at radius 2 is 1.78 bits per heavy atom. The Bertz CT molecular complexity index is 658. The van der Waals surface area contributed by atoms with E-state index in [2.05, 4.69) is 0 Å². The van der Waals surface area contributed by atoms with E-state index in [1.54, 1.807) is 49.3 Å². The van der Waals surface area contributed by atoms with Gasteiger partial charge >= 0.3 is 6.03 Å². The smallest absolute Gasteiger partial charge is 0.321 e. The van der Waals surface area contributed by atoms with Crippen molar-refractivity contribution < 1.29 is 13.2 Å². The molecule has 128 valence electrons. The molecule has 7 heteroatoms. The summed E-state index contributed by atoms with van der Waals surface area (Å²) in [6, 6.07) is 8.05. The van der Waals surface area contributed by atoms with Crippen LogP contribution in [0.4, 0.5) is 4.79 Å². The number of amides is 2. The minimum Gasteiger partial charge on any atom is -0.331 e. The van der Waals surface area contributed by atoms with Crippen LogP contribution in [0, 0.1) is 5.92 Å². The molecule has 1 saturated heterocycles. The largest absolute Gasteiger partial charge is 0.331 e. The number of carbonyl (C=O) groups is 1. The quantitative estimate of drug-likeness (QED) is 0.847. The highest BCUT2D eigenvalue weighted by Crippen LogP contribution is 2.32. The SMILES string of the molecule is CC(C)[C@H]1N(C(=O)N(C)C)[C@H](C)CN1S(=O)(=O)c1ccccc1. The maximum atomic E-state index is 13.0. The van der Waals surface area contributed by atoms with E-state index >= 15 is 0 Å². The standard InChI is InChI=1S/C16H25N3O3S/c1-12(2)15-18(11-13(3)19(15)16(20)17(4)5)23(21,22)14-9-7-6-8-10-14/h6-10,12-13,15H,11H2,1-5H3/t13-,15-/m1/s1. The number of sulfonamides is 1. The molecule has 1 fully saturated rings. The fourth-order valence-corrected chi connectivity index (χ4v) is 4.82. The molecule has 0 spiro atoms. The molecule has 1 aliphatic rings. The van der Waals surface area contributed by atoms with Crippen molar-refractivity contribution in [3.63, 3.8) is 0 Å². The highest BCUT2D eigenvalue weighted by atomic mass is 32.2. The van der Waals surface area contributed by atoms with Crippen molar-refractivity contribution in [1.82, 2.24) is 14.1 Å². The summed E-state index contributed by atoms with van der Waals surface area (Å²) in [5.74, 6) is -0.0117. The maximum Gasteiger partial charge on any atom is 0.321 e.